The zero-order chi connectivity index (χ0) is 28.4. The van der Waals surface area contributed by atoms with E-state index < -0.39 is 12.1 Å². The summed E-state index contributed by atoms with van der Waals surface area (Å²) in [6.45, 7) is 5.84. The Morgan fingerprint density at radius 2 is 1.62 bits per heavy atom. The molecule has 7 heteroatoms. The minimum Gasteiger partial charge on any atom is -0.481 e. The molecule has 5 nitrogen and oxygen atoms in total. The van der Waals surface area contributed by atoms with Gasteiger partial charge >= 0.3 is 5.97 Å². The molecule has 0 saturated carbocycles. The van der Waals surface area contributed by atoms with Crippen LogP contribution < -0.4 is 5.32 Å². The largest absolute Gasteiger partial charge is 0.481 e. The van der Waals surface area contributed by atoms with E-state index in [2.05, 4.69) is 43.4 Å². The fourth-order valence-corrected chi connectivity index (χ4v) is 5.31. The molecule has 0 aliphatic carbocycles. The number of carbonyl (C=O) groups is 1. The van der Waals surface area contributed by atoms with Crippen molar-refractivity contribution in [2.24, 2.45) is 0 Å². The summed E-state index contributed by atoms with van der Waals surface area (Å²) in [5.41, 5.74) is 4.87. The van der Waals surface area contributed by atoms with Crippen LogP contribution in [0.4, 0.5) is 0 Å². The lowest BCUT2D eigenvalue weighted by Crippen LogP contribution is -2.46. The molecule has 0 unspecified atom stereocenters. The van der Waals surface area contributed by atoms with Crippen LogP contribution in [-0.4, -0.2) is 52.9 Å². The molecule has 1 atom stereocenters. The number of benzene rings is 3. The standard InChI is InChI=1S/C32H40Cl2N2O3/c1-32(2,16-8-12-23-9-5-4-6-10-23)35-20-27(37)21-36(3)22-28-29(33)18-26(19-30(28)34)25-13-7-11-24(17-25)14-15-31(38)39/h4-7,9-11,13,17-19,27,35,37H,8,12,14-16,20-22H2,1-3H3,(H,38,39)/t27-/m1/s1. The molecular formula is C32H40Cl2N2O3. The minimum atomic E-state index is -0.816. The van der Waals surface area contributed by atoms with Crippen molar-refractivity contribution in [2.75, 3.05) is 20.1 Å². The van der Waals surface area contributed by atoms with Gasteiger partial charge in [-0.1, -0.05) is 77.8 Å². The fourth-order valence-electron chi connectivity index (χ4n) is 4.70. The molecule has 0 bridgehead atoms. The highest BCUT2D eigenvalue weighted by Crippen LogP contribution is 2.33. The summed E-state index contributed by atoms with van der Waals surface area (Å²) in [6.07, 6.45) is 3.17. The second kappa shape index (κ2) is 14.8. The smallest absolute Gasteiger partial charge is 0.303 e. The van der Waals surface area contributed by atoms with Gasteiger partial charge in [0.1, 0.15) is 0 Å². The van der Waals surface area contributed by atoms with Crippen LogP contribution in [0, 0.1) is 0 Å². The lowest BCUT2D eigenvalue weighted by atomic mass is 9.95. The van der Waals surface area contributed by atoms with Gasteiger partial charge in [-0.25, -0.2) is 0 Å². The van der Waals surface area contributed by atoms with Crippen molar-refractivity contribution in [1.82, 2.24) is 10.2 Å². The van der Waals surface area contributed by atoms with Crippen LogP contribution in [0.1, 0.15) is 49.8 Å². The van der Waals surface area contributed by atoms with E-state index in [-0.39, 0.29) is 12.0 Å². The van der Waals surface area contributed by atoms with Crippen molar-refractivity contribution < 1.29 is 15.0 Å². The molecule has 0 saturated heterocycles. The highest BCUT2D eigenvalue weighted by Gasteiger charge is 2.20. The Morgan fingerprint density at radius 1 is 0.949 bits per heavy atom. The molecule has 0 amide bonds. The zero-order valence-corrected chi connectivity index (χ0v) is 24.6. The van der Waals surface area contributed by atoms with Crippen molar-refractivity contribution in [3.63, 3.8) is 0 Å². The Bertz CT molecular complexity index is 1190. The van der Waals surface area contributed by atoms with Gasteiger partial charge < -0.3 is 15.5 Å². The van der Waals surface area contributed by atoms with Gasteiger partial charge in [0, 0.05) is 47.2 Å². The predicted molar refractivity (Wildman–Crippen MR) is 162 cm³/mol. The van der Waals surface area contributed by atoms with Crippen molar-refractivity contribution in [3.05, 3.63) is 93.5 Å². The van der Waals surface area contributed by atoms with E-state index in [1.54, 1.807) is 0 Å². The van der Waals surface area contributed by atoms with E-state index in [0.717, 1.165) is 41.5 Å². The number of hydrogen-bond donors (Lipinski definition) is 3. The van der Waals surface area contributed by atoms with E-state index in [1.807, 2.05) is 54.4 Å². The van der Waals surface area contributed by atoms with Crippen LogP contribution in [0.2, 0.25) is 10.0 Å². The van der Waals surface area contributed by atoms with Gasteiger partial charge in [-0.2, -0.15) is 0 Å². The number of nitrogens with zero attached hydrogens (tertiary/aromatic N) is 1. The molecule has 39 heavy (non-hydrogen) atoms. The molecule has 3 N–H and O–H groups in total. The van der Waals surface area contributed by atoms with Gasteiger partial charge in [-0.05, 0) is 81.0 Å². The maximum absolute atomic E-state index is 10.9. The van der Waals surface area contributed by atoms with Gasteiger partial charge in [0.25, 0.3) is 0 Å². The maximum atomic E-state index is 10.9. The first-order valence-corrected chi connectivity index (χ1v) is 14.2. The topological polar surface area (TPSA) is 72.8 Å². The quantitative estimate of drug-likeness (QED) is 0.186. The van der Waals surface area contributed by atoms with Crippen LogP contribution in [0.15, 0.2) is 66.7 Å². The van der Waals surface area contributed by atoms with E-state index in [9.17, 15) is 9.90 Å². The number of aliphatic hydroxyl groups is 1. The van der Waals surface area contributed by atoms with Crippen LogP contribution in [-0.2, 0) is 24.2 Å². The third-order valence-electron chi connectivity index (χ3n) is 6.91. The highest BCUT2D eigenvalue weighted by atomic mass is 35.5. The first-order chi connectivity index (χ1) is 18.5. The van der Waals surface area contributed by atoms with Gasteiger partial charge in [-0.3, -0.25) is 9.69 Å². The number of halogens is 2. The molecule has 210 valence electrons. The Hall–Kier alpha value is -2.41. The van der Waals surface area contributed by atoms with E-state index in [1.165, 1.54) is 5.56 Å². The zero-order valence-electron chi connectivity index (χ0n) is 23.1. The lowest BCUT2D eigenvalue weighted by Gasteiger charge is -2.29. The fraction of sp³-hybridized carbons (Fsp3) is 0.406. The minimum absolute atomic E-state index is 0.0678. The number of hydrogen-bond acceptors (Lipinski definition) is 4. The summed E-state index contributed by atoms with van der Waals surface area (Å²) in [5.74, 6) is -0.816. The number of likely N-dealkylation sites (N-methyl/N-ethyl adjacent to an activating group) is 1. The summed E-state index contributed by atoms with van der Waals surface area (Å²) in [5, 5.41) is 24.3. The second-order valence-electron chi connectivity index (χ2n) is 11.0. The van der Waals surface area contributed by atoms with Gasteiger partial charge in [0.15, 0.2) is 0 Å². The Balaban J connectivity index is 1.51. The molecule has 0 fully saturated rings. The average molecular weight is 572 g/mol. The predicted octanol–water partition coefficient (Wildman–Crippen LogP) is 6.86. The summed E-state index contributed by atoms with van der Waals surface area (Å²) in [4.78, 5) is 12.9. The third-order valence-corrected chi connectivity index (χ3v) is 7.58. The molecule has 0 spiro atoms. The monoisotopic (exact) mass is 570 g/mol. The second-order valence-corrected chi connectivity index (χ2v) is 11.8. The number of carboxylic acids is 1. The normalized spacial score (nSPS) is 12.6. The molecule has 0 heterocycles. The number of rotatable bonds is 15. The van der Waals surface area contributed by atoms with Gasteiger partial charge in [0.05, 0.1) is 6.10 Å². The Labute approximate surface area is 242 Å². The van der Waals surface area contributed by atoms with Crippen molar-refractivity contribution >= 4 is 29.2 Å². The van der Waals surface area contributed by atoms with E-state index >= 15 is 0 Å². The lowest BCUT2D eigenvalue weighted by molar-refractivity contribution is -0.136. The van der Waals surface area contributed by atoms with Gasteiger partial charge in [0.2, 0.25) is 0 Å². The summed E-state index contributed by atoms with van der Waals surface area (Å²) in [6, 6.07) is 22.1. The molecule has 0 aliphatic rings. The number of aliphatic carboxylic acids is 1. The maximum Gasteiger partial charge on any atom is 0.303 e. The van der Waals surface area contributed by atoms with Crippen LogP contribution in [0.3, 0.4) is 0 Å². The molecule has 0 aliphatic heterocycles. The van der Waals surface area contributed by atoms with E-state index in [0.29, 0.717) is 36.1 Å². The number of carboxylic acid groups (broad SMARTS) is 1. The SMILES string of the molecule is CN(Cc1c(Cl)cc(-c2cccc(CCC(=O)O)c2)cc1Cl)C[C@H](O)CNC(C)(C)CCCc1ccccc1. The van der Waals surface area contributed by atoms with E-state index in [4.69, 9.17) is 28.3 Å². The summed E-state index contributed by atoms with van der Waals surface area (Å²) >= 11 is 13.3. The molecule has 0 radical (unpaired) electrons. The number of aliphatic hydroxyl groups excluding tert-OH is 1. The van der Waals surface area contributed by atoms with Crippen LogP contribution in [0.25, 0.3) is 11.1 Å². The van der Waals surface area contributed by atoms with Crippen molar-refractivity contribution in [3.8, 4) is 11.1 Å². The highest BCUT2D eigenvalue weighted by molar-refractivity contribution is 6.36. The summed E-state index contributed by atoms with van der Waals surface area (Å²) < 4.78 is 0. The van der Waals surface area contributed by atoms with Crippen LogP contribution >= 0.6 is 23.2 Å². The Kier molecular flexibility index (Phi) is 11.8. The Morgan fingerprint density at radius 3 is 2.28 bits per heavy atom. The summed E-state index contributed by atoms with van der Waals surface area (Å²) in [7, 11) is 1.95. The molecule has 3 rings (SSSR count). The first-order valence-electron chi connectivity index (χ1n) is 13.5. The molecule has 3 aromatic carbocycles. The third kappa shape index (κ3) is 10.6. The average Bonchev–Trinajstić information content (AvgIpc) is 2.89. The van der Waals surface area contributed by atoms with Crippen LogP contribution in [0.5, 0.6) is 0 Å². The molecule has 0 aromatic heterocycles. The molecule has 3 aromatic rings. The van der Waals surface area contributed by atoms with Gasteiger partial charge in [-0.15, -0.1) is 0 Å². The van der Waals surface area contributed by atoms with Crippen molar-refractivity contribution in [1.29, 1.82) is 0 Å². The number of β-amino-alcohol motifs (C(OH)–C–C–N with tert-alkyl or cyclic N) is 1. The van der Waals surface area contributed by atoms with Crippen molar-refractivity contribution in [2.45, 2.75) is 64.1 Å². The number of aryl methyl sites for hydroxylation is 2. The first kappa shape index (κ1) is 31.1. The number of nitrogens with one attached hydrogen (secondary N) is 1. The molecular weight excluding hydrogens is 531 g/mol.